The lowest BCUT2D eigenvalue weighted by atomic mass is 10.0. The van der Waals surface area contributed by atoms with Crippen molar-refractivity contribution in [2.45, 2.75) is 6.04 Å². The minimum absolute atomic E-state index is 0.158. The molecular weight excluding hydrogens is 234 g/mol. The number of hydrogen-bond donors (Lipinski definition) is 2. The van der Waals surface area contributed by atoms with E-state index in [4.69, 9.17) is 5.11 Å². The third-order valence-electron chi connectivity index (χ3n) is 2.63. The van der Waals surface area contributed by atoms with Gasteiger partial charge in [0.2, 0.25) is 0 Å². The van der Waals surface area contributed by atoms with Gasteiger partial charge in [0.15, 0.2) is 6.04 Å². The first-order valence-corrected chi connectivity index (χ1v) is 5.29. The summed E-state index contributed by atoms with van der Waals surface area (Å²) in [6.45, 7) is 0. The van der Waals surface area contributed by atoms with E-state index in [0.717, 1.165) is 0 Å². The highest BCUT2D eigenvalue weighted by molar-refractivity contribution is 5.99. The SMILES string of the molecule is O=C(O)C1=CC=CN(c2ccccc2)C1C(=O)O. The maximum atomic E-state index is 11.3. The molecule has 0 spiro atoms. The average Bonchev–Trinajstić information content (AvgIpc) is 2.38. The highest BCUT2D eigenvalue weighted by atomic mass is 16.4. The lowest BCUT2D eigenvalue weighted by molar-refractivity contribution is -0.141. The Labute approximate surface area is 103 Å². The number of benzene rings is 1. The molecule has 5 heteroatoms. The Morgan fingerprint density at radius 3 is 2.33 bits per heavy atom. The number of aliphatic carboxylic acids is 2. The molecule has 0 fully saturated rings. The quantitative estimate of drug-likeness (QED) is 0.843. The zero-order chi connectivity index (χ0) is 13.1. The number of para-hydroxylation sites is 1. The zero-order valence-corrected chi connectivity index (χ0v) is 9.35. The fraction of sp³-hybridized carbons (Fsp3) is 0.0769. The fourth-order valence-electron chi connectivity index (χ4n) is 1.84. The summed E-state index contributed by atoms with van der Waals surface area (Å²) in [5, 5.41) is 18.2. The Balaban J connectivity index is 2.43. The third kappa shape index (κ3) is 2.10. The molecule has 1 heterocycles. The third-order valence-corrected chi connectivity index (χ3v) is 2.63. The van der Waals surface area contributed by atoms with E-state index in [1.165, 1.54) is 17.1 Å². The van der Waals surface area contributed by atoms with Crippen LogP contribution in [-0.4, -0.2) is 28.2 Å². The summed E-state index contributed by atoms with van der Waals surface area (Å²) in [4.78, 5) is 23.7. The number of anilines is 1. The summed E-state index contributed by atoms with van der Waals surface area (Å²) in [7, 11) is 0. The van der Waals surface area contributed by atoms with Gasteiger partial charge in [-0.3, -0.25) is 0 Å². The molecule has 1 aromatic rings. The molecule has 18 heavy (non-hydrogen) atoms. The molecule has 0 bridgehead atoms. The predicted octanol–water partition coefficient (Wildman–Crippen LogP) is 1.48. The van der Waals surface area contributed by atoms with Crippen LogP contribution in [0.1, 0.15) is 0 Å². The van der Waals surface area contributed by atoms with Gasteiger partial charge in [-0.2, -0.15) is 0 Å². The van der Waals surface area contributed by atoms with Gasteiger partial charge in [-0.25, -0.2) is 9.59 Å². The predicted molar refractivity (Wildman–Crippen MR) is 65.2 cm³/mol. The summed E-state index contributed by atoms with van der Waals surface area (Å²) in [5.41, 5.74) is 0.474. The van der Waals surface area contributed by atoms with Gasteiger partial charge in [0.25, 0.3) is 0 Å². The van der Waals surface area contributed by atoms with E-state index < -0.39 is 18.0 Å². The van der Waals surface area contributed by atoms with Crippen molar-refractivity contribution in [3.8, 4) is 0 Å². The van der Waals surface area contributed by atoms with E-state index in [9.17, 15) is 14.7 Å². The van der Waals surface area contributed by atoms with Crippen molar-refractivity contribution >= 4 is 17.6 Å². The van der Waals surface area contributed by atoms with Crippen LogP contribution in [0.25, 0.3) is 0 Å². The maximum absolute atomic E-state index is 11.3. The van der Waals surface area contributed by atoms with Crippen molar-refractivity contribution in [1.82, 2.24) is 0 Å². The molecule has 1 aliphatic heterocycles. The highest BCUT2D eigenvalue weighted by Gasteiger charge is 2.33. The molecule has 0 radical (unpaired) electrons. The second-order valence-electron chi connectivity index (χ2n) is 3.75. The Hall–Kier alpha value is -2.56. The number of rotatable bonds is 3. The summed E-state index contributed by atoms with van der Waals surface area (Å²) < 4.78 is 0. The lowest BCUT2D eigenvalue weighted by Crippen LogP contribution is -2.42. The molecule has 92 valence electrons. The highest BCUT2D eigenvalue weighted by Crippen LogP contribution is 2.24. The maximum Gasteiger partial charge on any atom is 0.334 e. The van der Waals surface area contributed by atoms with Gasteiger partial charge in [0, 0.05) is 11.9 Å². The first-order chi connectivity index (χ1) is 8.61. The number of carboxylic acid groups (broad SMARTS) is 2. The first-order valence-electron chi connectivity index (χ1n) is 5.29. The molecule has 2 rings (SSSR count). The van der Waals surface area contributed by atoms with Crippen molar-refractivity contribution in [2.24, 2.45) is 0 Å². The van der Waals surface area contributed by atoms with Gasteiger partial charge in [0.1, 0.15) is 0 Å². The van der Waals surface area contributed by atoms with Crippen molar-refractivity contribution in [1.29, 1.82) is 0 Å². The van der Waals surface area contributed by atoms with E-state index in [2.05, 4.69) is 0 Å². The number of carbonyl (C=O) groups is 2. The Morgan fingerprint density at radius 1 is 1.11 bits per heavy atom. The van der Waals surface area contributed by atoms with E-state index in [1.807, 2.05) is 0 Å². The van der Waals surface area contributed by atoms with Crippen LogP contribution in [0, 0.1) is 0 Å². The van der Waals surface area contributed by atoms with Gasteiger partial charge in [-0.15, -0.1) is 0 Å². The summed E-state index contributed by atoms with van der Waals surface area (Å²) in [6, 6.07) is 7.58. The summed E-state index contributed by atoms with van der Waals surface area (Å²) >= 11 is 0. The zero-order valence-electron chi connectivity index (χ0n) is 9.35. The van der Waals surface area contributed by atoms with Crippen LogP contribution in [0.4, 0.5) is 5.69 Å². The van der Waals surface area contributed by atoms with Gasteiger partial charge in [-0.1, -0.05) is 18.2 Å². The second kappa shape index (κ2) is 4.75. The van der Waals surface area contributed by atoms with Crippen molar-refractivity contribution in [2.75, 3.05) is 4.90 Å². The van der Waals surface area contributed by atoms with Gasteiger partial charge in [-0.05, 0) is 24.3 Å². The Morgan fingerprint density at radius 2 is 1.78 bits per heavy atom. The van der Waals surface area contributed by atoms with E-state index in [-0.39, 0.29) is 5.57 Å². The Bertz CT molecular complexity index is 533. The molecule has 1 atom stereocenters. The van der Waals surface area contributed by atoms with Crippen molar-refractivity contribution < 1.29 is 19.8 Å². The molecule has 1 aromatic carbocycles. The normalized spacial score (nSPS) is 18.3. The molecule has 0 saturated carbocycles. The van der Waals surface area contributed by atoms with Crippen LogP contribution in [0.3, 0.4) is 0 Å². The number of hydrogen-bond acceptors (Lipinski definition) is 3. The van der Waals surface area contributed by atoms with Crippen LogP contribution in [0.15, 0.2) is 54.3 Å². The topological polar surface area (TPSA) is 77.8 Å². The van der Waals surface area contributed by atoms with Gasteiger partial charge in [0.05, 0.1) is 5.57 Å². The fourth-order valence-corrected chi connectivity index (χ4v) is 1.84. The van der Waals surface area contributed by atoms with Crippen LogP contribution in [-0.2, 0) is 9.59 Å². The van der Waals surface area contributed by atoms with E-state index in [1.54, 1.807) is 36.5 Å². The molecule has 0 aliphatic carbocycles. The number of allylic oxidation sites excluding steroid dienone is 2. The minimum Gasteiger partial charge on any atom is -0.479 e. The average molecular weight is 245 g/mol. The number of carboxylic acids is 2. The summed E-state index contributed by atoms with van der Waals surface area (Å²) in [5.74, 6) is -2.43. The second-order valence-corrected chi connectivity index (χ2v) is 3.75. The molecule has 5 nitrogen and oxygen atoms in total. The number of nitrogens with zero attached hydrogens (tertiary/aromatic N) is 1. The van der Waals surface area contributed by atoms with Crippen LogP contribution in [0.2, 0.25) is 0 Å². The van der Waals surface area contributed by atoms with Crippen molar-refractivity contribution in [3.63, 3.8) is 0 Å². The van der Waals surface area contributed by atoms with Gasteiger partial charge >= 0.3 is 11.9 Å². The van der Waals surface area contributed by atoms with E-state index in [0.29, 0.717) is 5.69 Å². The largest absolute Gasteiger partial charge is 0.479 e. The van der Waals surface area contributed by atoms with Gasteiger partial charge < -0.3 is 15.1 Å². The van der Waals surface area contributed by atoms with E-state index >= 15 is 0 Å². The van der Waals surface area contributed by atoms with Crippen LogP contribution >= 0.6 is 0 Å². The van der Waals surface area contributed by atoms with Crippen LogP contribution < -0.4 is 4.90 Å². The molecule has 0 amide bonds. The standard InChI is InChI=1S/C13H11NO4/c15-12(16)10-7-4-8-14(11(10)13(17)18)9-5-2-1-3-6-9/h1-8,11H,(H,15,16)(H,17,18). The summed E-state index contributed by atoms with van der Waals surface area (Å²) in [6.07, 6.45) is 4.39. The Kier molecular flexibility index (Phi) is 3.14. The van der Waals surface area contributed by atoms with Crippen molar-refractivity contribution in [3.05, 3.63) is 54.3 Å². The smallest absolute Gasteiger partial charge is 0.334 e. The molecular formula is C13H11NO4. The molecule has 0 aromatic heterocycles. The first kappa shape index (κ1) is 11.9. The molecule has 0 saturated heterocycles. The van der Waals surface area contributed by atoms with Crippen LogP contribution in [0.5, 0.6) is 0 Å². The minimum atomic E-state index is -1.23. The molecule has 1 aliphatic rings. The lowest BCUT2D eigenvalue weighted by Gasteiger charge is -2.30. The monoisotopic (exact) mass is 245 g/mol. The molecule has 2 N–H and O–H groups in total. The molecule has 1 unspecified atom stereocenters.